The van der Waals surface area contributed by atoms with Crippen molar-refractivity contribution in [2.75, 3.05) is 40.9 Å². The Morgan fingerprint density at radius 3 is 1.07 bits per heavy atom. The number of aliphatic hydroxyl groups excluding tert-OH is 1. The first-order chi connectivity index (χ1) is 37.0. The van der Waals surface area contributed by atoms with E-state index >= 15 is 0 Å². The molecule has 0 heterocycles. The van der Waals surface area contributed by atoms with Crippen molar-refractivity contribution in [3.8, 4) is 0 Å². The summed E-state index contributed by atoms with van der Waals surface area (Å²) in [7, 11) is 1.26. The van der Waals surface area contributed by atoms with E-state index in [1.165, 1.54) is 289 Å². The fraction of sp³-hybridized carbons (Fsp3) is 0.925. The van der Waals surface area contributed by atoms with Crippen LogP contribution < -0.4 is 10.2 Å². The summed E-state index contributed by atoms with van der Waals surface area (Å²) in [6, 6.07) is -0.901. The van der Waals surface area contributed by atoms with Crippen LogP contribution in [0, 0.1) is 0 Å². The van der Waals surface area contributed by atoms with Crippen LogP contribution in [0.4, 0.5) is 0 Å². The van der Waals surface area contributed by atoms with Gasteiger partial charge in [-0.1, -0.05) is 334 Å². The SMILES string of the molecule is CCCCCCCCCCCCCCCCCCCCCCC/C=C/CC/C=C/C(O)C(COP(=O)([O-])OCC[N+](C)(C)C)NC(=O)CCCCCCCCCCCCCCCCCCCCCCCCCCCCC. The number of quaternary nitrogens is 1. The number of hydrogen-bond donors (Lipinski definition) is 2. The zero-order chi connectivity index (χ0) is 55.6. The number of carbonyl (C=O) groups excluding carboxylic acids is 1. The van der Waals surface area contributed by atoms with Crippen LogP contribution in [-0.4, -0.2) is 68.5 Å². The Hall–Kier alpha value is -1.02. The van der Waals surface area contributed by atoms with Crippen LogP contribution in [0.25, 0.3) is 0 Å². The monoisotopic (exact) mass is 1090 g/mol. The molecule has 2 N–H and O–H groups in total. The van der Waals surface area contributed by atoms with Gasteiger partial charge in [0.2, 0.25) is 5.91 Å². The van der Waals surface area contributed by atoms with Crippen LogP contribution in [0.2, 0.25) is 0 Å². The van der Waals surface area contributed by atoms with E-state index in [0.717, 1.165) is 38.5 Å². The summed E-state index contributed by atoms with van der Waals surface area (Å²) in [5.74, 6) is -0.199. The van der Waals surface area contributed by atoms with Crippen LogP contribution in [0.3, 0.4) is 0 Å². The van der Waals surface area contributed by atoms with E-state index in [2.05, 4.69) is 31.3 Å². The first-order valence-corrected chi connectivity index (χ1v) is 35.2. The van der Waals surface area contributed by atoms with Gasteiger partial charge in [0.05, 0.1) is 39.9 Å². The van der Waals surface area contributed by atoms with Crippen LogP contribution in [-0.2, 0) is 18.4 Å². The molecule has 1 amide bonds. The minimum absolute atomic E-state index is 0.00345. The lowest BCUT2D eigenvalue weighted by molar-refractivity contribution is -0.870. The van der Waals surface area contributed by atoms with Gasteiger partial charge < -0.3 is 28.8 Å². The maximum atomic E-state index is 13.0. The number of aliphatic hydroxyl groups is 1. The summed E-state index contributed by atoms with van der Waals surface area (Å²) in [4.78, 5) is 25.6. The van der Waals surface area contributed by atoms with E-state index in [-0.39, 0.29) is 19.1 Å². The van der Waals surface area contributed by atoms with Gasteiger partial charge in [0.15, 0.2) is 0 Å². The molecule has 0 aliphatic carbocycles. The molecule has 0 aromatic carbocycles. The van der Waals surface area contributed by atoms with E-state index < -0.39 is 20.0 Å². The third-order valence-electron chi connectivity index (χ3n) is 15.7. The zero-order valence-corrected chi connectivity index (χ0v) is 52.6. The van der Waals surface area contributed by atoms with Gasteiger partial charge in [-0.3, -0.25) is 9.36 Å². The van der Waals surface area contributed by atoms with Crippen molar-refractivity contribution in [1.82, 2.24) is 5.32 Å². The molecular formula is C67H133N2O6P. The van der Waals surface area contributed by atoms with Crippen molar-refractivity contribution in [2.45, 2.75) is 360 Å². The lowest BCUT2D eigenvalue weighted by Gasteiger charge is -2.29. The molecule has 76 heavy (non-hydrogen) atoms. The first-order valence-electron chi connectivity index (χ1n) is 33.7. The van der Waals surface area contributed by atoms with Gasteiger partial charge in [0, 0.05) is 6.42 Å². The Bertz CT molecular complexity index is 1290. The predicted molar refractivity (Wildman–Crippen MR) is 330 cm³/mol. The summed E-state index contributed by atoms with van der Waals surface area (Å²) in [6.07, 6.45) is 75.8. The van der Waals surface area contributed by atoms with Crippen LogP contribution in [0.5, 0.6) is 0 Å². The summed E-state index contributed by atoms with van der Waals surface area (Å²) < 4.78 is 23.4. The number of nitrogens with zero attached hydrogens (tertiary/aromatic N) is 1. The van der Waals surface area contributed by atoms with Gasteiger partial charge in [-0.25, -0.2) is 0 Å². The summed E-state index contributed by atoms with van der Waals surface area (Å²) in [5, 5.41) is 13.9. The lowest BCUT2D eigenvalue weighted by Crippen LogP contribution is -2.45. The molecule has 0 fully saturated rings. The Labute approximate surface area is 474 Å². The van der Waals surface area contributed by atoms with E-state index in [1.54, 1.807) is 6.08 Å². The largest absolute Gasteiger partial charge is 0.756 e. The van der Waals surface area contributed by atoms with Crippen LogP contribution >= 0.6 is 7.82 Å². The van der Waals surface area contributed by atoms with Gasteiger partial charge in [-0.05, 0) is 32.1 Å². The number of nitrogens with one attached hydrogen (secondary N) is 1. The number of phosphoric acid groups is 1. The predicted octanol–water partition coefficient (Wildman–Crippen LogP) is 20.5. The fourth-order valence-electron chi connectivity index (χ4n) is 10.4. The van der Waals surface area contributed by atoms with E-state index in [1.807, 2.05) is 27.2 Å². The number of amides is 1. The molecule has 0 saturated heterocycles. The van der Waals surface area contributed by atoms with Crippen molar-refractivity contribution in [1.29, 1.82) is 0 Å². The van der Waals surface area contributed by atoms with Crippen molar-refractivity contribution in [3.63, 3.8) is 0 Å². The second-order valence-electron chi connectivity index (χ2n) is 24.5. The Balaban J connectivity index is 4.10. The minimum atomic E-state index is -4.61. The van der Waals surface area contributed by atoms with Gasteiger partial charge in [-0.2, -0.15) is 0 Å². The molecule has 0 bridgehead atoms. The highest BCUT2D eigenvalue weighted by Crippen LogP contribution is 2.38. The van der Waals surface area contributed by atoms with Gasteiger partial charge in [0.1, 0.15) is 13.2 Å². The second kappa shape index (κ2) is 58.6. The summed E-state index contributed by atoms with van der Waals surface area (Å²) in [5.41, 5.74) is 0. The molecule has 8 nitrogen and oxygen atoms in total. The van der Waals surface area contributed by atoms with Crippen molar-refractivity contribution in [2.24, 2.45) is 0 Å². The number of unbranched alkanes of at least 4 members (excludes halogenated alkanes) is 48. The molecular weight excluding hydrogens is 960 g/mol. The van der Waals surface area contributed by atoms with Crippen LogP contribution in [0.15, 0.2) is 24.3 Å². The molecule has 3 unspecified atom stereocenters. The number of hydrogen-bond acceptors (Lipinski definition) is 6. The Morgan fingerprint density at radius 1 is 0.447 bits per heavy atom. The van der Waals surface area contributed by atoms with Crippen molar-refractivity contribution < 1.29 is 32.9 Å². The second-order valence-corrected chi connectivity index (χ2v) is 25.9. The smallest absolute Gasteiger partial charge is 0.268 e. The van der Waals surface area contributed by atoms with Gasteiger partial charge in [-0.15, -0.1) is 0 Å². The zero-order valence-electron chi connectivity index (χ0n) is 51.7. The Morgan fingerprint density at radius 2 is 0.737 bits per heavy atom. The molecule has 3 atom stereocenters. The highest BCUT2D eigenvalue weighted by atomic mass is 31.2. The highest BCUT2D eigenvalue weighted by molar-refractivity contribution is 7.45. The average molecular weight is 1090 g/mol. The standard InChI is InChI=1S/C67H133N2O6P/c1-6-8-10-12-14-16-18-20-22-24-26-28-30-32-34-36-38-40-42-44-46-48-50-52-54-56-58-60-66(70)65(64-75-76(72,73)74-63-62-69(3,4)5)68-67(71)61-59-57-55-53-51-49-47-45-43-41-39-37-35-33-31-29-27-25-23-21-19-17-15-13-11-9-7-2/h50,52,58,60,65-66,70H,6-49,51,53-57,59,61-64H2,1-5H3,(H-,68,71,72,73)/b52-50+,60-58+. The molecule has 452 valence electrons. The number of allylic oxidation sites excluding steroid dienone is 3. The molecule has 0 aliphatic rings. The van der Waals surface area contributed by atoms with E-state index in [4.69, 9.17) is 9.05 Å². The number of likely N-dealkylation sites (N-methyl/N-ethyl adjacent to an activating group) is 1. The summed E-state index contributed by atoms with van der Waals surface area (Å²) in [6.45, 7) is 4.69. The summed E-state index contributed by atoms with van der Waals surface area (Å²) >= 11 is 0. The third kappa shape index (κ3) is 60.6. The van der Waals surface area contributed by atoms with Crippen molar-refractivity contribution >= 4 is 13.7 Å². The Kier molecular flexibility index (Phi) is 57.8. The number of phosphoric ester groups is 1. The average Bonchev–Trinajstić information content (AvgIpc) is 3.38. The number of rotatable bonds is 63. The molecule has 0 aromatic rings. The van der Waals surface area contributed by atoms with E-state index in [9.17, 15) is 19.4 Å². The topological polar surface area (TPSA) is 108 Å². The lowest BCUT2D eigenvalue weighted by atomic mass is 10.0. The molecule has 0 aliphatic heterocycles. The van der Waals surface area contributed by atoms with Gasteiger partial charge in [0.25, 0.3) is 7.82 Å². The third-order valence-corrected chi connectivity index (χ3v) is 16.6. The van der Waals surface area contributed by atoms with Gasteiger partial charge >= 0.3 is 0 Å². The minimum Gasteiger partial charge on any atom is -0.756 e. The number of carbonyl (C=O) groups is 1. The quantitative estimate of drug-likeness (QED) is 0.0272. The molecule has 9 heteroatoms. The molecule has 0 rings (SSSR count). The van der Waals surface area contributed by atoms with Crippen LogP contribution in [0.1, 0.15) is 348 Å². The molecule has 0 saturated carbocycles. The molecule has 0 radical (unpaired) electrons. The maximum Gasteiger partial charge on any atom is 0.268 e. The normalized spacial score (nSPS) is 13.8. The first kappa shape index (κ1) is 75.0. The van der Waals surface area contributed by atoms with Crippen molar-refractivity contribution in [3.05, 3.63) is 24.3 Å². The molecule has 0 spiro atoms. The van der Waals surface area contributed by atoms with E-state index in [0.29, 0.717) is 17.4 Å². The highest BCUT2D eigenvalue weighted by Gasteiger charge is 2.23. The fourth-order valence-corrected chi connectivity index (χ4v) is 11.1. The molecule has 0 aromatic heterocycles. The maximum absolute atomic E-state index is 13.0.